The van der Waals surface area contributed by atoms with Crippen LogP contribution in [0.2, 0.25) is 0 Å². The zero-order chi connectivity index (χ0) is 9.35. The summed E-state index contributed by atoms with van der Waals surface area (Å²) in [4.78, 5) is 11.6. The predicted octanol–water partition coefficient (Wildman–Crippen LogP) is -0.518. The summed E-state index contributed by atoms with van der Waals surface area (Å²) in [7, 11) is 0. The lowest BCUT2D eigenvalue weighted by Gasteiger charge is -2.38. The first-order chi connectivity index (χ1) is 5.43. The lowest BCUT2D eigenvalue weighted by Crippen LogP contribution is -2.56. The quantitative estimate of drug-likeness (QED) is 0.463. The molecule has 0 bridgehead atoms. The third kappa shape index (κ3) is 1.67. The summed E-state index contributed by atoms with van der Waals surface area (Å²) >= 11 is 0. The number of rotatable bonds is 0. The smallest absolute Gasteiger partial charge is 0.407 e. The van der Waals surface area contributed by atoms with Gasteiger partial charge in [0.25, 0.3) is 0 Å². The van der Waals surface area contributed by atoms with Crippen LogP contribution in [0.25, 0.3) is 0 Å². The highest BCUT2D eigenvalue weighted by molar-refractivity contribution is 5.65. The van der Waals surface area contributed by atoms with Gasteiger partial charge in [-0.25, -0.2) is 4.79 Å². The lowest BCUT2D eigenvalue weighted by molar-refractivity contribution is -0.103. The Morgan fingerprint density at radius 2 is 2.25 bits per heavy atom. The highest BCUT2D eigenvalue weighted by atomic mass is 16.4. The van der Waals surface area contributed by atoms with Crippen molar-refractivity contribution in [3.63, 3.8) is 0 Å². The minimum atomic E-state index is -1.31. The van der Waals surface area contributed by atoms with Gasteiger partial charge in [0.15, 0.2) is 0 Å². The molecular formula is C7H13NO4. The number of amides is 1. The number of carboxylic acid groups (broad SMARTS) is 1. The maximum atomic E-state index is 10.5. The summed E-state index contributed by atoms with van der Waals surface area (Å²) in [5.41, 5.74) is -1.31. The minimum Gasteiger partial charge on any atom is -0.465 e. The topological polar surface area (TPSA) is 81.0 Å². The van der Waals surface area contributed by atoms with Crippen molar-refractivity contribution < 1.29 is 20.1 Å². The number of piperidine rings is 1. The van der Waals surface area contributed by atoms with E-state index in [0.717, 1.165) is 4.90 Å². The molecule has 5 heteroatoms. The Labute approximate surface area is 70.2 Å². The van der Waals surface area contributed by atoms with E-state index < -0.39 is 17.8 Å². The van der Waals surface area contributed by atoms with Gasteiger partial charge in [-0.15, -0.1) is 0 Å². The summed E-state index contributed by atoms with van der Waals surface area (Å²) in [6, 6.07) is 0. The maximum Gasteiger partial charge on any atom is 0.407 e. The molecule has 12 heavy (non-hydrogen) atoms. The van der Waals surface area contributed by atoms with Crippen LogP contribution in [0.1, 0.15) is 13.3 Å². The van der Waals surface area contributed by atoms with E-state index in [4.69, 9.17) is 5.11 Å². The number of hydrogen-bond acceptors (Lipinski definition) is 3. The molecule has 0 aromatic rings. The second-order valence-electron chi connectivity index (χ2n) is 3.37. The van der Waals surface area contributed by atoms with Crippen LogP contribution in [0.5, 0.6) is 0 Å². The lowest BCUT2D eigenvalue weighted by atomic mass is 9.92. The molecule has 1 fully saturated rings. The van der Waals surface area contributed by atoms with Crippen molar-refractivity contribution in [2.45, 2.75) is 25.0 Å². The molecule has 1 aliphatic rings. The van der Waals surface area contributed by atoms with Crippen LogP contribution in [0.3, 0.4) is 0 Å². The van der Waals surface area contributed by atoms with Crippen LogP contribution in [-0.2, 0) is 0 Å². The van der Waals surface area contributed by atoms with Crippen molar-refractivity contribution in [1.29, 1.82) is 0 Å². The Morgan fingerprint density at radius 1 is 1.67 bits per heavy atom. The summed E-state index contributed by atoms with van der Waals surface area (Å²) in [5, 5.41) is 27.4. The molecule has 1 heterocycles. The molecule has 1 saturated heterocycles. The Morgan fingerprint density at radius 3 is 2.67 bits per heavy atom. The zero-order valence-corrected chi connectivity index (χ0v) is 6.90. The molecule has 0 saturated carbocycles. The van der Waals surface area contributed by atoms with E-state index in [1.807, 2.05) is 0 Å². The number of nitrogens with zero attached hydrogens (tertiary/aromatic N) is 1. The van der Waals surface area contributed by atoms with Gasteiger partial charge in [0, 0.05) is 6.54 Å². The predicted molar refractivity (Wildman–Crippen MR) is 40.8 cm³/mol. The van der Waals surface area contributed by atoms with Crippen molar-refractivity contribution in [1.82, 2.24) is 4.90 Å². The average molecular weight is 175 g/mol. The molecule has 0 aromatic carbocycles. The third-order valence-corrected chi connectivity index (χ3v) is 2.17. The van der Waals surface area contributed by atoms with Crippen LogP contribution in [0, 0.1) is 0 Å². The normalized spacial score (nSPS) is 36.6. The molecule has 5 nitrogen and oxygen atoms in total. The van der Waals surface area contributed by atoms with Gasteiger partial charge < -0.3 is 20.2 Å². The minimum absolute atomic E-state index is 0.0243. The van der Waals surface area contributed by atoms with Crippen molar-refractivity contribution in [2.75, 3.05) is 13.1 Å². The van der Waals surface area contributed by atoms with Crippen LogP contribution in [0.15, 0.2) is 0 Å². The molecule has 3 N–H and O–H groups in total. The summed E-state index contributed by atoms with van der Waals surface area (Å²) in [6.45, 7) is 1.70. The van der Waals surface area contributed by atoms with Crippen molar-refractivity contribution in [3.8, 4) is 0 Å². The Kier molecular flexibility index (Phi) is 2.25. The average Bonchev–Trinajstić information content (AvgIpc) is 1.94. The van der Waals surface area contributed by atoms with Gasteiger partial charge in [-0.3, -0.25) is 0 Å². The molecule has 1 aliphatic heterocycles. The van der Waals surface area contributed by atoms with Gasteiger partial charge in [-0.2, -0.15) is 0 Å². The van der Waals surface area contributed by atoms with Crippen LogP contribution in [-0.4, -0.2) is 51.1 Å². The largest absolute Gasteiger partial charge is 0.465 e. The van der Waals surface area contributed by atoms with E-state index in [-0.39, 0.29) is 13.1 Å². The highest BCUT2D eigenvalue weighted by Crippen LogP contribution is 2.20. The molecular weight excluding hydrogens is 162 g/mol. The number of hydrogen-bond donors (Lipinski definition) is 3. The molecule has 1 amide bonds. The van der Waals surface area contributed by atoms with E-state index in [1.54, 1.807) is 0 Å². The van der Waals surface area contributed by atoms with Gasteiger partial charge >= 0.3 is 6.09 Å². The van der Waals surface area contributed by atoms with Crippen LogP contribution < -0.4 is 0 Å². The SMILES string of the molecule is CC1(O)CN(C(=O)O)CCC1O. The first-order valence-corrected chi connectivity index (χ1v) is 3.82. The van der Waals surface area contributed by atoms with Gasteiger partial charge in [-0.1, -0.05) is 0 Å². The van der Waals surface area contributed by atoms with Crippen LogP contribution in [0.4, 0.5) is 4.79 Å². The fraction of sp³-hybridized carbons (Fsp3) is 0.857. The van der Waals surface area contributed by atoms with E-state index in [2.05, 4.69) is 0 Å². The summed E-state index contributed by atoms with van der Waals surface area (Å²) < 4.78 is 0. The summed E-state index contributed by atoms with van der Waals surface area (Å²) in [6.07, 6.45) is -1.59. The summed E-state index contributed by atoms with van der Waals surface area (Å²) in [5.74, 6) is 0. The third-order valence-electron chi connectivity index (χ3n) is 2.17. The van der Waals surface area contributed by atoms with Gasteiger partial charge in [0.1, 0.15) is 5.60 Å². The Hall–Kier alpha value is -0.810. The molecule has 0 radical (unpaired) electrons. The van der Waals surface area contributed by atoms with Gasteiger partial charge in [-0.05, 0) is 13.3 Å². The van der Waals surface area contributed by atoms with E-state index in [0.29, 0.717) is 6.42 Å². The molecule has 0 spiro atoms. The number of aliphatic hydroxyl groups excluding tert-OH is 1. The number of aliphatic hydroxyl groups is 2. The molecule has 2 atom stereocenters. The number of likely N-dealkylation sites (tertiary alicyclic amines) is 1. The molecule has 1 rings (SSSR count). The monoisotopic (exact) mass is 175 g/mol. The Bertz CT molecular complexity index is 192. The molecule has 0 aromatic heterocycles. The fourth-order valence-corrected chi connectivity index (χ4v) is 1.32. The zero-order valence-electron chi connectivity index (χ0n) is 6.90. The van der Waals surface area contributed by atoms with Crippen molar-refractivity contribution in [3.05, 3.63) is 0 Å². The van der Waals surface area contributed by atoms with Gasteiger partial charge in [0.2, 0.25) is 0 Å². The van der Waals surface area contributed by atoms with E-state index in [1.165, 1.54) is 6.92 Å². The highest BCUT2D eigenvalue weighted by Gasteiger charge is 2.38. The van der Waals surface area contributed by atoms with Crippen molar-refractivity contribution >= 4 is 6.09 Å². The molecule has 0 aliphatic carbocycles. The Balaban J connectivity index is 2.63. The first kappa shape index (κ1) is 9.28. The molecule has 70 valence electrons. The second kappa shape index (κ2) is 2.91. The maximum absolute atomic E-state index is 10.5. The van der Waals surface area contributed by atoms with Crippen molar-refractivity contribution in [2.24, 2.45) is 0 Å². The fourth-order valence-electron chi connectivity index (χ4n) is 1.32. The van der Waals surface area contributed by atoms with Gasteiger partial charge in [0.05, 0.1) is 12.6 Å². The standard InChI is InChI=1S/C7H13NO4/c1-7(12)4-8(6(10)11)3-2-5(7)9/h5,9,12H,2-4H2,1H3,(H,10,11). The van der Waals surface area contributed by atoms with Crippen LogP contribution >= 0.6 is 0 Å². The van der Waals surface area contributed by atoms with E-state index >= 15 is 0 Å². The number of β-amino-alcohol motifs (C(OH)–C–C–N with tert-alkyl or cyclic N) is 1. The van der Waals surface area contributed by atoms with E-state index in [9.17, 15) is 15.0 Å². The second-order valence-corrected chi connectivity index (χ2v) is 3.37. The number of carbonyl (C=O) groups is 1. The molecule has 2 unspecified atom stereocenters. The first-order valence-electron chi connectivity index (χ1n) is 3.82.